The third kappa shape index (κ3) is 2.53. The summed E-state index contributed by atoms with van der Waals surface area (Å²) in [7, 11) is 1.57. The van der Waals surface area contributed by atoms with Gasteiger partial charge in [-0.3, -0.25) is 14.3 Å². The molecule has 0 spiro atoms. The van der Waals surface area contributed by atoms with E-state index in [0.717, 1.165) is 12.3 Å². The van der Waals surface area contributed by atoms with E-state index in [-0.39, 0.29) is 11.1 Å². The number of aromatic nitrogens is 4. The molecule has 3 heterocycles. The van der Waals surface area contributed by atoms with Crippen molar-refractivity contribution in [2.24, 2.45) is 7.05 Å². The summed E-state index contributed by atoms with van der Waals surface area (Å²) < 4.78 is 41.6. The Kier molecular flexibility index (Phi) is 3.55. The van der Waals surface area contributed by atoms with Gasteiger partial charge in [0.1, 0.15) is 11.3 Å². The lowest BCUT2D eigenvalue weighted by molar-refractivity contribution is -0.141. The Morgan fingerprint density at radius 2 is 1.88 bits per heavy atom. The van der Waals surface area contributed by atoms with Gasteiger partial charge in [0.05, 0.1) is 16.6 Å². The zero-order valence-electron chi connectivity index (χ0n) is 13.3. The van der Waals surface area contributed by atoms with E-state index in [4.69, 9.17) is 11.6 Å². The van der Waals surface area contributed by atoms with Crippen LogP contribution in [-0.4, -0.2) is 19.2 Å². The lowest BCUT2D eigenvalue weighted by Crippen LogP contribution is -2.19. The van der Waals surface area contributed by atoms with Crippen LogP contribution in [0.25, 0.3) is 27.8 Å². The van der Waals surface area contributed by atoms with Gasteiger partial charge in [-0.25, -0.2) is 4.52 Å². The molecule has 0 aliphatic rings. The van der Waals surface area contributed by atoms with Crippen LogP contribution >= 0.6 is 11.6 Å². The van der Waals surface area contributed by atoms with E-state index < -0.39 is 11.9 Å². The normalized spacial score (nSPS) is 12.2. The Morgan fingerprint density at radius 1 is 1.12 bits per heavy atom. The highest BCUT2D eigenvalue weighted by molar-refractivity contribution is 6.31. The predicted octanol–water partition coefficient (Wildman–Crippen LogP) is 3.92. The van der Waals surface area contributed by atoms with E-state index in [1.54, 1.807) is 31.3 Å². The molecule has 0 atom stereocenters. The molecular formula is C17H10ClF3N4O. The topological polar surface area (TPSA) is 52.2 Å². The molecule has 0 N–H and O–H groups in total. The molecule has 0 fully saturated rings. The molecule has 5 nitrogen and oxygen atoms in total. The predicted molar refractivity (Wildman–Crippen MR) is 91.2 cm³/mol. The molecule has 0 amide bonds. The van der Waals surface area contributed by atoms with E-state index in [9.17, 15) is 18.0 Å². The lowest BCUT2D eigenvalue weighted by atomic mass is 10.1. The van der Waals surface area contributed by atoms with Crippen molar-refractivity contribution in [1.29, 1.82) is 0 Å². The number of alkyl halides is 3. The smallest absolute Gasteiger partial charge is 0.296 e. The maximum absolute atomic E-state index is 12.9. The van der Waals surface area contributed by atoms with Crippen LogP contribution in [0.15, 0.2) is 47.4 Å². The number of pyridine rings is 1. The van der Waals surface area contributed by atoms with Crippen LogP contribution in [0.5, 0.6) is 0 Å². The van der Waals surface area contributed by atoms with Crippen LogP contribution in [0.2, 0.25) is 5.02 Å². The molecule has 3 aromatic heterocycles. The van der Waals surface area contributed by atoms with Crippen molar-refractivity contribution < 1.29 is 13.2 Å². The largest absolute Gasteiger partial charge is 0.433 e. The van der Waals surface area contributed by atoms with Gasteiger partial charge in [0.2, 0.25) is 0 Å². The lowest BCUT2D eigenvalue weighted by Gasteiger charge is -2.06. The van der Waals surface area contributed by atoms with E-state index in [1.165, 1.54) is 15.1 Å². The van der Waals surface area contributed by atoms with Crippen molar-refractivity contribution in [3.05, 3.63) is 63.7 Å². The summed E-state index contributed by atoms with van der Waals surface area (Å²) in [6.45, 7) is 0. The molecule has 0 aliphatic heterocycles. The maximum Gasteiger partial charge on any atom is 0.433 e. The first-order valence-electron chi connectivity index (χ1n) is 7.47. The Balaban J connectivity index is 2.02. The highest BCUT2D eigenvalue weighted by atomic mass is 35.5. The van der Waals surface area contributed by atoms with Gasteiger partial charge in [0, 0.05) is 29.9 Å². The van der Waals surface area contributed by atoms with Crippen LogP contribution < -0.4 is 5.56 Å². The summed E-state index contributed by atoms with van der Waals surface area (Å²) in [5, 5.41) is 5.21. The molecule has 9 heteroatoms. The quantitative estimate of drug-likeness (QED) is 0.504. The fourth-order valence-corrected chi connectivity index (χ4v) is 2.99. The van der Waals surface area contributed by atoms with Crippen LogP contribution in [0, 0.1) is 0 Å². The highest BCUT2D eigenvalue weighted by Gasteiger charge is 2.32. The van der Waals surface area contributed by atoms with Crippen molar-refractivity contribution >= 4 is 28.2 Å². The first-order valence-corrected chi connectivity index (χ1v) is 7.85. The van der Waals surface area contributed by atoms with Crippen LogP contribution in [-0.2, 0) is 13.2 Å². The maximum atomic E-state index is 12.9. The summed E-state index contributed by atoms with van der Waals surface area (Å²) in [4.78, 5) is 15.9. The SMILES string of the molecule is Cn1c(=O)c2ccc(Cl)cc2n2nc(-c3ccnc(C(F)(F)F)c3)cc12. The number of halogens is 4. The first kappa shape index (κ1) is 16.6. The Bertz CT molecular complexity index is 1230. The van der Waals surface area contributed by atoms with Crippen LogP contribution in [0.4, 0.5) is 13.2 Å². The van der Waals surface area contributed by atoms with Crippen molar-refractivity contribution in [3.8, 4) is 11.3 Å². The summed E-state index contributed by atoms with van der Waals surface area (Å²) in [6.07, 6.45) is -3.47. The number of fused-ring (bicyclic) bond motifs is 3. The summed E-state index contributed by atoms with van der Waals surface area (Å²) in [5.41, 5.74) is 0.200. The second-order valence-electron chi connectivity index (χ2n) is 5.75. The third-order valence-corrected chi connectivity index (χ3v) is 4.34. The Hall–Kier alpha value is -2.87. The van der Waals surface area contributed by atoms with Gasteiger partial charge in [0.25, 0.3) is 5.56 Å². The first-order chi connectivity index (χ1) is 12.3. The Morgan fingerprint density at radius 3 is 2.62 bits per heavy atom. The molecule has 1 aromatic carbocycles. The van der Waals surface area contributed by atoms with Gasteiger partial charge in [0.15, 0.2) is 0 Å². The molecule has 0 saturated heterocycles. The number of rotatable bonds is 1. The monoisotopic (exact) mass is 378 g/mol. The van der Waals surface area contributed by atoms with E-state index in [2.05, 4.69) is 10.1 Å². The molecular weight excluding hydrogens is 369 g/mol. The second kappa shape index (κ2) is 5.57. The van der Waals surface area contributed by atoms with Gasteiger partial charge >= 0.3 is 6.18 Å². The third-order valence-electron chi connectivity index (χ3n) is 4.10. The summed E-state index contributed by atoms with van der Waals surface area (Å²) >= 11 is 6.02. The van der Waals surface area contributed by atoms with Crippen molar-refractivity contribution in [3.63, 3.8) is 0 Å². The molecule has 0 bridgehead atoms. The van der Waals surface area contributed by atoms with Crippen molar-refractivity contribution in [1.82, 2.24) is 19.2 Å². The number of benzene rings is 1. The molecule has 132 valence electrons. The van der Waals surface area contributed by atoms with Gasteiger partial charge in [-0.05, 0) is 30.3 Å². The fraction of sp³-hybridized carbons (Fsp3) is 0.118. The number of hydrogen-bond acceptors (Lipinski definition) is 3. The van der Waals surface area contributed by atoms with Gasteiger partial charge in [-0.1, -0.05) is 11.6 Å². The average Bonchev–Trinajstić information content (AvgIpc) is 3.05. The van der Waals surface area contributed by atoms with Crippen molar-refractivity contribution in [2.75, 3.05) is 0 Å². The number of hydrogen-bond donors (Lipinski definition) is 0. The zero-order chi connectivity index (χ0) is 18.6. The molecule has 4 aromatic rings. The van der Waals surface area contributed by atoms with Crippen LogP contribution in [0.1, 0.15) is 5.69 Å². The molecule has 0 radical (unpaired) electrons. The molecule has 0 saturated carbocycles. The van der Waals surface area contributed by atoms with Gasteiger partial charge in [-0.2, -0.15) is 18.3 Å². The van der Waals surface area contributed by atoms with E-state index in [1.807, 2.05) is 0 Å². The second-order valence-corrected chi connectivity index (χ2v) is 6.19. The van der Waals surface area contributed by atoms with Gasteiger partial charge < -0.3 is 0 Å². The van der Waals surface area contributed by atoms with Crippen molar-refractivity contribution in [2.45, 2.75) is 6.18 Å². The standard InChI is InChI=1S/C17H10ClF3N4O/c1-24-15-8-12(9-4-5-22-14(6-9)17(19,20)21)23-25(15)13-7-10(18)2-3-11(13)16(24)26/h2-8H,1H3. The van der Waals surface area contributed by atoms with Crippen LogP contribution in [0.3, 0.4) is 0 Å². The molecule has 26 heavy (non-hydrogen) atoms. The Labute approximate surface area is 149 Å². The van der Waals surface area contributed by atoms with E-state index in [0.29, 0.717) is 27.3 Å². The van der Waals surface area contributed by atoms with Gasteiger partial charge in [-0.15, -0.1) is 0 Å². The summed E-state index contributed by atoms with van der Waals surface area (Å²) in [6, 6.07) is 8.70. The molecule has 0 aliphatic carbocycles. The fourth-order valence-electron chi connectivity index (χ4n) is 2.82. The number of aryl methyl sites for hydroxylation is 1. The minimum atomic E-state index is -4.55. The summed E-state index contributed by atoms with van der Waals surface area (Å²) in [5.74, 6) is 0. The number of nitrogens with zero attached hydrogens (tertiary/aromatic N) is 4. The highest BCUT2D eigenvalue weighted by Crippen LogP contribution is 2.30. The minimum Gasteiger partial charge on any atom is -0.296 e. The minimum absolute atomic E-state index is 0.249. The average molecular weight is 379 g/mol. The zero-order valence-corrected chi connectivity index (χ0v) is 14.0. The van der Waals surface area contributed by atoms with E-state index >= 15 is 0 Å². The molecule has 4 rings (SSSR count). The molecule has 0 unspecified atom stereocenters.